The Morgan fingerprint density at radius 1 is 1.00 bits per heavy atom. The number of benzene rings is 2. The second-order valence-corrected chi connectivity index (χ2v) is 7.10. The van der Waals surface area contributed by atoms with Crippen LogP contribution in [0.1, 0.15) is 35.2 Å². The maximum atomic E-state index is 12.4. The van der Waals surface area contributed by atoms with Crippen LogP contribution in [-0.2, 0) is 9.59 Å². The molecule has 2 atom stereocenters. The maximum Gasteiger partial charge on any atom is 0.328 e. The lowest BCUT2D eigenvalue weighted by molar-refractivity contribution is -0.139. The smallest absolute Gasteiger partial charge is 0.328 e. The van der Waals surface area contributed by atoms with Crippen molar-refractivity contribution in [1.82, 2.24) is 10.6 Å². The molecule has 0 fully saturated rings. The third-order valence-electron chi connectivity index (χ3n) is 4.16. The molecule has 0 saturated carbocycles. The first-order chi connectivity index (χ1) is 13.3. The van der Waals surface area contributed by atoms with Gasteiger partial charge in [0.25, 0.3) is 5.91 Å². The number of rotatable bonds is 8. The second-order valence-electron chi connectivity index (χ2n) is 6.28. The average molecular weight is 423 g/mol. The SMILES string of the molecule is CC(CC(=O)NC[C@H](NC(=O)c1c(Cl)cccc1Cl)C(=O)O)c1ccccc1. The molecule has 28 heavy (non-hydrogen) atoms. The summed E-state index contributed by atoms with van der Waals surface area (Å²) >= 11 is 11.9. The maximum absolute atomic E-state index is 12.4. The van der Waals surface area contributed by atoms with Crippen LogP contribution in [-0.4, -0.2) is 35.5 Å². The van der Waals surface area contributed by atoms with Crippen molar-refractivity contribution in [3.8, 4) is 0 Å². The summed E-state index contributed by atoms with van der Waals surface area (Å²) in [6.07, 6.45) is 0.195. The van der Waals surface area contributed by atoms with Gasteiger partial charge in [0, 0.05) is 13.0 Å². The minimum absolute atomic E-state index is 0.0129. The molecule has 3 N–H and O–H groups in total. The molecule has 0 radical (unpaired) electrons. The van der Waals surface area contributed by atoms with Crippen LogP contribution >= 0.6 is 23.2 Å². The first-order valence-corrected chi connectivity index (χ1v) is 9.34. The first-order valence-electron chi connectivity index (χ1n) is 8.59. The van der Waals surface area contributed by atoms with Crippen molar-refractivity contribution in [1.29, 1.82) is 0 Å². The molecule has 0 aliphatic carbocycles. The lowest BCUT2D eigenvalue weighted by Gasteiger charge is -2.17. The van der Waals surface area contributed by atoms with Crippen LogP contribution in [0.25, 0.3) is 0 Å². The highest BCUT2D eigenvalue weighted by molar-refractivity contribution is 6.39. The summed E-state index contributed by atoms with van der Waals surface area (Å²) in [6.45, 7) is 1.65. The molecule has 6 nitrogen and oxygen atoms in total. The molecule has 0 spiro atoms. The zero-order valence-electron chi connectivity index (χ0n) is 15.1. The molecule has 2 aromatic carbocycles. The van der Waals surface area contributed by atoms with E-state index in [2.05, 4.69) is 10.6 Å². The third-order valence-corrected chi connectivity index (χ3v) is 4.79. The molecule has 148 valence electrons. The Balaban J connectivity index is 1.95. The molecular formula is C20H20Cl2N2O4. The largest absolute Gasteiger partial charge is 0.480 e. The van der Waals surface area contributed by atoms with E-state index in [1.165, 1.54) is 12.1 Å². The number of hydrogen-bond acceptors (Lipinski definition) is 3. The Labute approximate surface area is 172 Å². The molecular weight excluding hydrogens is 403 g/mol. The molecule has 0 aromatic heterocycles. The monoisotopic (exact) mass is 422 g/mol. The standard InChI is InChI=1S/C20H20Cl2N2O4/c1-12(13-6-3-2-4-7-13)10-17(25)23-11-16(20(27)28)24-19(26)18-14(21)8-5-9-15(18)22/h2-9,12,16H,10-11H2,1H3,(H,23,25)(H,24,26)(H,27,28)/t12?,16-/m0/s1. The summed E-state index contributed by atoms with van der Waals surface area (Å²) in [7, 11) is 0. The van der Waals surface area contributed by atoms with Gasteiger partial charge in [0.05, 0.1) is 15.6 Å². The number of carbonyl (C=O) groups excluding carboxylic acids is 2. The Bertz CT molecular complexity index is 838. The van der Waals surface area contributed by atoms with E-state index in [1.54, 1.807) is 6.07 Å². The van der Waals surface area contributed by atoms with Crippen LogP contribution in [0.3, 0.4) is 0 Å². The fraction of sp³-hybridized carbons (Fsp3) is 0.250. The van der Waals surface area contributed by atoms with Crippen LogP contribution < -0.4 is 10.6 Å². The van der Waals surface area contributed by atoms with Crippen molar-refractivity contribution in [2.45, 2.75) is 25.3 Å². The van der Waals surface area contributed by atoms with Gasteiger partial charge in [0.15, 0.2) is 0 Å². The minimum atomic E-state index is -1.32. The summed E-state index contributed by atoms with van der Waals surface area (Å²) in [6, 6.07) is 12.7. The number of hydrogen-bond donors (Lipinski definition) is 3. The van der Waals surface area contributed by atoms with Gasteiger partial charge < -0.3 is 15.7 Å². The minimum Gasteiger partial charge on any atom is -0.480 e. The highest BCUT2D eigenvalue weighted by atomic mass is 35.5. The summed E-state index contributed by atoms with van der Waals surface area (Å²) in [5.74, 6) is -2.35. The number of aliphatic carboxylic acids is 1. The van der Waals surface area contributed by atoms with E-state index >= 15 is 0 Å². The number of nitrogens with one attached hydrogen (secondary N) is 2. The Morgan fingerprint density at radius 3 is 2.18 bits per heavy atom. The molecule has 0 aliphatic heterocycles. The van der Waals surface area contributed by atoms with Gasteiger partial charge in [-0.3, -0.25) is 9.59 Å². The first kappa shape index (κ1) is 21.7. The summed E-state index contributed by atoms with van der Waals surface area (Å²) in [5, 5.41) is 14.4. The van der Waals surface area contributed by atoms with Crippen LogP contribution in [0, 0.1) is 0 Å². The molecule has 0 bridgehead atoms. The van der Waals surface area contributed by atoms with Crippen molar-refractivity contribution in [2.75, 3.05) is 6.54 Å². The van der Waals surface area contributed by atoms with E-state index in [-0.39, 0.29) is 40.4 Å². The predicted molar refractivity (Wildman–Crippen MR) is 108 cm³/mol. The molecule has 2 rings (SSSR count). The van der Waals surface area contributed by atoms with E-state index in [0.29, 0.717) is 0 Å². The van der Waals surface area contributed by atoms with Gasteiger partial charge in [0.2, 0.25) is 5.91 Å². The van der Waals surface area contributed by atoms with E-state index in [1.807, 2.05) is 37.3 Å². The van der Waals surface area contributed by atoms with E-state index < -0.39 is 17.9 Å². The molecule has 8 heteroatoms. The molecule has 1 unspecified atom stereocenters. The molecule has 0 aliphatic rings. The normalized spacial score (nSPS) is 12.7. The Hall–Kier alpha value is -2.57. The van der Waals surface area contributed by atoms with Crippen LogP contribution in [0.5, 0.6) is 0 Å². The quantitative estimate of drug-likeness (QED) is 0.606. The molecule has 0 saturated heterocycles. The summed E-state index contributed by atoms with van der Waals surface area (Å²) in [4.78, 5) is 36.0. The predicted octanol–water partition coefficient (Wildman–Crippen LogP) is 3.49. The van der Waals surface area contributed by atoms with Gasteiger partial charge in [-0.2, -0.15) is 0 Å². The fourth-order valence-corrected chi connectivity index (χ4v) is 3.18. The molecule has 2 amide bonds. The van der Waals surface area contributed by atoms with E-state index in [9.17, 15) is 19.5 Å². The number of amides is 2. The van der Waals surface area contributed by atoms with E-state index in [0.717, 1.165) is 5.56 Å². The lowest BCUT2D eigenvalue weighted by atomic mass is 9.97. The summed E-state index contributed by atoms with van der Waals surface area (Å²) < 4.78 is 0. The van der Waals surface area contributed by atoms with Crippen molar-refractivity contribution < 1.29 is 19.5 Å². The van der Waals surface area contributed by atoms with E-state index in [4.69, 9.17) is 23.2 Å². The van der Waals surface area contributed by atoms with Gasteiger partial charge in [-0.15, -0.1) is 0 Å². The number of halogens is 2. The Kier molecular flexibility index (Phi) is 7.84. The highest BCUT2D eigenvalue weighted by Gasteiger charge is 2.24. The van der Waals surface area contributed by atoms with Crippen molar-refractivity contribution in [3.05, 3.63) is 69.7 Å². The van der Waals surface area contributed by atoms with Crippen molar-refractivity contribution in [3.63, 3.8) is 0 Å². The number of carboxylic acids is 1. The third kappa shape index (κ3) is 5.97. The number of carboxylic acid groups (broad SMARTS) is 1. The zero-order valence-corrected chi connectivity index (χ0v) is 16.6. The van der Waals surface area contributed by atoms with Crippen LogP contribution in [0.2, 0.25) is 10.0 Å². The topological polar surface area (TPSA) is 95.5 Å². The van der Waals surface area contributed by atoms with Gasteiger partial charge in [-0.05, 0) is 23.6 Å². The van der Waals surface area contributed by atoms with Crippen LogP contribution in [0.4, 0.5) is 0 Å². The van der Waals surface area contributed by atoms with Gasteiger partial charge >= 0.3 is 5.97 Å². The van der Waals surface area contributed by atoms with Gasteiger partial charge in [-0.1, -0.05) is 66.5 Å². The van der Waals surface area contributed by atoms with Crippen molar-refractivity contribution >= 4 is 41.0 Å². The second kappa shape index (κ2) is 10.1. The lowest BCUT2D eigenvalue weighted by Crippen LogP contribution is -2.48. The highest BCUT2D eigenvalue weighted by Crippen LogP contribution is 2.24. The van der Waals surface area contributed by atoms with Gasteiger partial charge in [0.1, 0.15) is 6.04 Å². The number of carbonyl (C=O) groups is 3. The van der Waals surface area contributed by atoms with Crippen molar-refractivity contribution in [2.24, 2.45) is 0 Å². The fourth-order valence-electron chi connectivity index (χ4n) is 2.61. The molecule has 2 aromatic rings. The average Bonchev–Trinajstić information content (AvgIpc) is 2.65. The summed E-state index contributed by atoms with van der Waals surface area (Å²) in [5.41, 5.74) is 0.996. The van der Waals surface area contributed by atoms with Gasteiger partial charge in [-0.25, -0.2) is 4.79 Å². The zero-order chi connectivity index (χ0) is 20.7. The molecule has 0 heterocycles. The Morgan fingerprint density at radius 2 is 1.61 bits per heavy atom. The van der Waals surface area contributed by atoms with Crippen LogP contribution in [0.15, 0.2) is 48.5 Å².